The predicted molar refractivity (Wildman–Crippen MR) is 92.3 cm³/mol. The van der Waals surface area contributed by atoms with E-state index in [2.05, 4.69) is 32.4 Å². The van der Waals surface area contributed by atoms with Crippen molar-refractivity contribution in [1.82, 2.24) is 25.0 Å². The minimum absolute atomic E-state index is 0.555. The molecule has 1 N–H and O–H groups in total. The van der Waals surface area contributed by atoms with Crippen LogP contribution in [0, 0.1) is 6.92 Å². The highest BCUT2D eigenvalue weighted by molar-refractivity contribution is 6.30. The zero-order chi connectivity index (χ0) is 16.2. The number of pyridine rings is 1. The Balaban J connectivity index is 1.46. The Kier molecular flexibility index (Phi) is 5.30. The molecule has 2 aromatic heterocycles. The normalized spacial score (nSPS) is 16.8. The maximum absolute atomic E-state index is 6.29. The zero-order valence-corrected chi connectivity index (χ0v) is 14.6. The Bertz CT molecular complexity index is 632. The van der Waals surface area contributed by atoms with E-state index in [9.17, 15) is 0 Å². The van der Waals surface area contributed by atoms with E-state index < -0.39 is 0 Å². The Morgan fingerprint density at radius 3 is 2.57 bits per heavy atom. The van der Waals surface area contributed by atoms with E-state index in [1.165, 1.54) is 18.4 Å². The molecular weight excluding hydrogens is 310 g/mol. The van der Waals surface area contributed by atoms with Crippen LogP contribution >= 0.6 is 11.6 Å². The third-order valence-electron chi connectivity index (χ3n) is 4.58. The van der Waals surface area contributed by atoms with Gasteiger partial charge in [0.1, 0.15) is 5.15 Å². The number of hydrogen-bond donors (Lipinski definition) is 1. The highest BCUT2D eigenvalue weighted by Gasteiger charge is 2.20. The molecule has 0 atom stereocenters. The molecule has 1 saturated heterocycles. The fourth-order valence-corrected chi connectivity index (χ4v) is 3.40. The molecule has 0 bridgehead atoms. The van der Waals surface area contributed by atoms with Crippen LogP contribution in [0.25, 0.3) is 0 Å². The van der Waals surface area contributed by atoms with Crippen molar-refractivity contribution in [1.29, 1.82) is 0 Å². The number of likely N-dealkylation sites (tertiary alicyclic amines) is 1. The number of nitrogens with one attached hydrogen (secondary N) is 1. The molecule has 3 rings (SSSR count). The number of rotatable bonds is 5. The molecule has 0 amide bonds. The predicted octanol–water partition coefficient (Wildman–Crippen LogP) is 2.53. The molecular formula is C17H24ClN5. The molecule has 2 aromatic rings. The second-order valence-corrected chi connectivity index (χ2v) is 6.62. The van der Waals surface area contributed by atoms with E-state index >= 15 is 0 Å². The van der Waals surface area contributed by atoms with Crippen molar-refractivity contribution >= 4 is 11.6 Å². The van der Waals surface area contributed by atoms with E-state index in [1.807, 2.05) is 26.4 Å². The molecule has 124 valence electrons. The van der Waals surface area contributed by atoms with Gasteiger partial charge in [-0.05, 0) is 50.6 Å². The van der Waals surface area contributed by atoms with Crippen LogP contribution in [0.2, 0.25) is 5.15 Å². The monoisotopic (exact) mass is 333 g/mol. The van der Waals surface area contributed by atoms with Gasteiger partial charge in [-0.15, -0.1) is 0 Å². The topological polar surface area (TPSA) is 46.0 Å². The number of piperidine rings is 1. The lowest BCUT2D eigenvalue weighted by atomic mass is 10.0. The van der Waals surface area contributed by atoms with Crippen molar-refractivity contribution in [3.05, 3.63) is 46.5 Å². The van der Waals surface area contributed by atoms with Crippen molar-refractivity contribution in [2.75, 3.05) is 13.1 Å². The summed E-state index contributed by atoms with van der Waals surface area (Å²) in [5, 5.41) is 8.75. The number of nitrogens with zero attached hydrogens (tertiary/aromatic N) is 4. The van der Waals surface area contributed by atoms with E-state index in [0.717, 1.165) is 42.6 Å². The Morgan fingerprint density at radius 2 is 1.96 bits per heavy atom. The molecule has 0 spiro atoms. The van der Waals surface area contributed by atoms with Crippen LogP contribution in [0.15, 0.2) is 24.5 Å². The second kappa shape index (κ2) is 7.43. The first kappa shape index (κ1) is 16.4. The SMILES string of the molecule is Cc1nn(C)c(Cl)c1CNC1CCN(Cc2ccncc2)CC1. The minimum atomic E-state index is 0.555. The van der Waals surface area contributed by atoms with Crippen LogP contribution < -0.4 is 5.32 Å². The first-order valence-corrected chi connectivity index (χ1v) is 8.54. The molecule has 6 heteroatoms. The number of halogens is 1. The van der Waals surface area contributed by atoms with Gasteiger partial charge in [0.25, 0.3) is 0 Å². The largest absolute Gasteiger partial charge is 0.310 e. The van der Waals surface area contributed by atoms with Crippen LogP contribution in [-0.4, -0.2) is 38.8 Å². The molecule has 1 aliphatic rings. The summed E-state index contributed by atoms with van der Waals surface area (Å²) >= 11 is 6.29. The van der Waals surface area contributed by atoms with Gasteiger partial charge in [0.15, 0.2) is 0 Å². The molecule has 0 saturated carbocycles. The lowest BCUT2D eigenvalue weighted by Crippen LogP contribution is -2.41. The highest BCUT2D eigenvalue weighted by Crippen LogP contribution is 2.20. The quantitative estimate of drug-likeness (QED) is 0.913. The first-order chi connectivity index (χ1) is 11.1. The van der Waals surface area contributed by atoms with Crippen LogP contribution in [0.5, 0.6) is 0 Å². The smallest absolute Gasteiger partial charge is 0.131 e. The van der Waals surface area contributed by atoms with Crippen LogP contribution in [0.4, 0.5) is 0 Å². The summed E-state index contributed by atoms with van der Waals surface area (Å²) in [5.41, 5.74) is 3.47. The van der Waals surface area contributed by atoms with Gasteiger partial charge in [0, 0.05) is 44.1 Å². The van der Waals surface area contributed by atoms with Gasteiger partial charge >= 0.3 is 0 Å². The highest BCUT2D eigenvalue weighted by atomic mass is 35.5. The molecule has 0 unspecified atom stereocenters. The van der Waals surface area contributed by atoms with Gasteiger partial charge < -0.3 is 5.32 Å². The maximum Gasteiger partial charge on any atom is 0.131 e. The summed E-state index contributed by atoms with van der Waals surface area (Å²) in [7, 11) is 1.89. The summed E-state index contributed by atoms with van der Waals surface area (Å²) in [6, 6.07) is 4.74. The molecule has 0 radical (unpaired) electrons. The van der Waals surface area contributed by atoms with E-state index in [4.69, 9.17) is 11.6 Å². The van der Waals surface area contributed by atoms with Gasteiger partial charge in [0.05, 0.1) is 5.69 Å². The van der Waals surface area contributed by atoms with Gasteiger partial charge in [-0.1, -0.05) is 11.6 Å². The lowest BCUT2D eigenvalue weighted by molar-refractivity contribution is 0.190. The van der Waals surface area contributed by atoms with Gasteiger partial charge in [-0.3, -0.25) is 14.6 Å². The lowest BCUT2D eigenvalue weighted by Gasteiger charge is -2.32. The van der Waals surface area contributed by atoms with Crippen LogP contribution in [0.3, 0.4) is 0 Å². The average molecular weight is 334 g/mol. The third kappa shape index (κ3) is 4.10. The standard InChI is InChI=1S/C17H24ClN5/c1-13-16(17(18)22(2)21-13)11-20-15-5-9-23(10-6-15)12-14-3-7-19-8-4-14/h3-4,7-8,15,20H,5-6,9-12H2,1-2H3. The first-order valence-electron chi connectivity index (χ1n) is 8.16. The third-order valence-corrected chi connectivity index (χ3v) is 5.05. The summed E-state index contributed by atoms with van der Waals surface area (Å²) < 4.78 is 1.74. The fraction of sp³-hybridized carbons (Fsp3) is 0.529. The van der Waals surface area contributed by atoms with Crippen LogP contribution in [-0.2, 0) is 20.1 Å². The Labute approximate surface area is 142 Å². The molecule has 1 aliphatic heterocycles. The van der Waals surface area contributed by atoms with Crippen LogP contribution in [0.1, 0.15) is 29.7 Å². The summed E-state index contributed by atoms with van der Waals surface area (Å²) in [6.45, 7) is 6.08. The molecule has 23 heavy (non-hydrogen) atoms. The Hall–Kier alpha value is -1.43. The molecule has 5 nitrogen and oxygen atoms in total. The van der Waals surface area contributed by atoms with Crippen molar-refractivity contribution in [2.45, 2.75) is 38.9 Å². The average Bonchev–Trinajstić information content (AvgIpc) is 2.80. The fourth-order valence-electron chi connectivity index (χ4n) is 3.16. The number of hydrogen-bond acceptors (Lipinski definition) is 4. The summed E-state index contributed by atoms with van der Waals surface area (Å²) in [6.07, 6.45) is 6.07. The summed E-state index contributed by atoms with van der Waals surface area (Å²) in [4.78, 5) is 6.58. The molecule has 0 aromatic carbocycles. The van der Waals surface area contributed by atoms with Crippen molar-refractivity contribution in [2.24, 2.45) is 7.05 Å². The van der Waals surface area contributed by atoms with Gasteiger partial charge in [-0.25, -0.2) is 0 Å². The molecule has 1 fully saturated rings. The Morgan fingerprint density at radius 1 is 1.26 bits per heavy atom. The van der Waals surface area contributed by atoms with Crippen molar-refractivity contribution < 1.29 is 0 Å². The van der Waals surface area contributed by atoms with Gasteiger partial charge in [0.2, 0.25) is 0 Å². The molecule has 0 aliphatic carbocycles. The van der Waals surface area contributed by atoms with E-state index in [1.54, 1.807) is 4.68 Å². The zero-order valence-electron chi connectivity index (χ0n) is 13.8. The number of aromatic nitrogens is 3. The van der Waals surface area contributed by atoms with E-state index in [-0.39, 0.29) is 0 Å². The maximum atomic E-state index is 6.29. The minimum Gasteiger partial charge on any atom is -0.310 e. The van der Waals surface area contributed by atoms with E-state index in [0.29, 0.717) is 6.04 Å². The van der Waals surface area contributed by atoms with Crippen molar-refractivity contribution in [3.63, 3.8) is 0 Å². The second-order valence-electron chi connectivity index (χ2n) is 6.27. The van der Waals surface area contributed by atoms with Crippen molar-refractivity contribution in [3.8, 4) is 0 Å². The van der Waals surface area contributed by atoms with Gasteiger partial charge in [-0.2, -0.15) is 5.10 Å². The number of aryl methyl sites for hydroxylation is 2. The summed E-state index contributed by atoms with van der Waals surface area (Å²) in [5.74, 6) is 0. The molecule has 3 heterocycles.